The first kappa shape index (κ1) is 15.1. The quantitative estimate of drug-likeness (QED) is 0.875. The second-order valence-corrected chi connectivity index (χ2v) is 6.92. The van der Waals surface area contributed by atoms with E-state index in [0.29, 0.717) is 0 Å². The van der Waals surface area contributed by atoms with Gasteiger partial charge in [-0.2, -0.15) is 0 Å². The molecule has 0 amide bonds. The number of rotatable bonds is 6. The van der Waals surface area contributed by atoms with Gasteiger partial charge >= 0.3 is 0 Å². The van der Waals surface area contributed by atoms with Crippen molar-refractivity contribution in [3.05, 3.63) is 23.2 Å². The zero-order valence-corrected chi connectivity index (χ0v) is 13.6. The third-order valence-corrected chi connectivity index (χ3v) is 4.84. The van der Waals surface area contributed by atoms with Crippen LogP contribution in [0.15, 0.2) is 10.5 Å². The summed E-state index contributed by atoms with van der Waals surface area (Å²) in [5.74, 6) is 2.14. The summed E-state index contributed by atoms with van der Waals surface area (Å²) in [4.78, 5) is 2.45. The van der Waals surface area contributed by atoms with Crippen LogP contribution in [0.5, 0.6) is 0 Å². The summed E-state index contributed by atoms with van der Waals surface area (Å²) in [5, 5.41) is 3.56. The summed E-state index contributed by atoms with van der Waals surface area (Å²) in [6.07, 6.45) is 4.99. The van der Waals surface area contributed by atoms with Crippen LogP contribution >= 0.6 is 0 Å². The Bertz CT molecular complexity index is 481. The van der Waals surface area contributed by atoms with Gasteiger partial charge in [0, 0.05) is 31.8 Å². The topological polar surface area (TPSA) is 37.6 Å². The summed E-state index contributed by atoms with van der Waals surface area (Å²) in [6, 6.07) is 2.97. The highest BCUT2D eigenvalue weighted by atomic mass is 16.5. The van der Waals surface area contributed by atoms with Crippen LogP contribution in [0.3, 0.4) is 0 Å². The fourth-order valence-corrected chi connectivity index (χ4v) is 3.21. The van der Waals surface area contributed by atoms with E-state index in [1.807, 2.05) is 7.11 Å². The smallest absolute Gasteiger partial charge is 0.118 e. The predicted octanol–water partition coefficient (Wildman–Crippen LogP) is 2.84. The van der Waals surface area contributed by atoms with E-state index in [2.05, 4.69) is 30.1 Å². The third kappa shape index (κ3) is 3.87. The molecule has 0 radical (unpaired) electrons. The molecular formula is C17H28N2O2. The first-order valence-corrected chi connectivity index (χ1v) is 8.17. The molecule has 1 aromatic heterocycles. The SMILES string of the molecule is COC1(C)CCCN(Cc2cc(CNC3CC3)c(C)o2)C1. The largest absolute Gasteiger partial charge is 0.465 e. The van der Waals surface area contributed by atoms with Crippen LogP contribution in [0.4, 0.5) is 0 Å². The Morgan fingerprint density at radius 1 is 1.48 bits per heavy atom. The van der Waals surface area contributed by atoms with E-state index < -0.39 is 0 Å². The Hall–Kier alpha value is -0.840. The molecule has 1 unspecified atom stereocenters. The lowest BCUT2D eigenvalue weighted by Gasteiger charge is -2.39. The van der Waals surface area contributed by atoms with E-state index in [1.165, 1.54) is 24.8 Å². The number of methoxy groups -OCH3 is 1. The Labute approximate surface area is 127 Å². The maximum absolute atomic E-state index is 5.95. The molecule has 1 aliphatic heterocycles. The van der Waals surface area contributed by atoms with Gasteiger partial charge < -0.3 is 14.5 Å². The minimum Gasteiger partial charge on any atom is -0.465 e. The molecule has 4 nitrogen and oxygen atoms in total. The van der Waals surface area contributed by atoms with Gasteiger partial charge in [0.15, 0.2) is 0 Å². The number of likely N-dealkylation sites (tertiary alicyclic amines) is 1. The molecule has 0 bridgehead atoms. The number of hydrogen-bond acceptors (Lipinski definition) is 4. The fourth-order valence-electron chi connectivity index (χ4n) is 3.21. The fraction of sp³-hybridized carbons (Fsp3) is 0.765. The van der Waals surface area contributed by atoms with Gasteiger partial charge in [-0.15, -0.1) is 0 Å². The lowest BCUT2D eigenvalue weighted by atomic mass is 9.95. The highest BCUT2D eigenvalue weighted by molar-refractivity contribution is 5.21. The van der Waals surface area contributed by atoms with Crippen molar-refractivity contribution >= 4 is 0 Å². The number of piperidine rings is 1. The van der Waals surface area contributed by atoms with Gasteiger partial charge in [-0.25, -0.2) is 0 Å². The van der Waals surface area contributed by atoms with E-state index in [-0.39, 0.29) is 5.60 Å². The molecule has 2 heterocycles. The van der Waals surface area contributed by atoms with E-state index in [1.54, 1.807) is 0 Å². The molecular weight excluding hydrogens is 264 g/mol. The minimum atomic E-state index is -0.00372. The maximum atomic E-state index is 5.95. The van der Waals surface area contributed by atoms with Crippen molar-refractivity contribution in [1.29, 1.82) is 0 Å². The Morgan fingerprint density at radius 3 is 3.00 bits per heavy atom. The molecule has 0 aromatic carbocycles. The number of nitrogens with one attached hydrogen (secondary N) is 1. The van der Waals surface area contributed by atoms with Crippen LogP contribution in [-0.4, -0.2) is 36.7 Å². The second-order valence-electron chi connectivity index (χ2n) is 6.92. The van der Waals surface area contributed by atoms with Gasteiger partial charge in [-0.1, -0.05) is 0 Å². The van der Waals surface area contributed by atoms with Crippen molar-refractivity contribution in [3.8, 4) is 0 Å². The third-order valence-electron chi connectivity index (χ3n) is 4.84. The van der Waals surface area contributed by atoms with Crippen molar-refractivity contribution in [2.24, 2.45) is 0 Å². The van der Waals surface area contributed by atoms with Gasteiger partial charge in [-0.3, -0.25) is 4.90 Å². The molecule has 0 spiro atoms. The van der Waals surface area contributed by atoms with Gasteiger partial charge in [0.25, 0.3) is 0 Å². The molecule has 1 N–H and O–H groups in total. The highest BCUT2D eigenvalue weighted by Crippen LogP contribution is 2.26. The minimum absolute atomic E-state index is 0.00372. The standard InChI is InChI=1S/C17H28N2O2/c1-13-14(10-18-15-5-6-15)9-16(21-13)11-19-8-4-7-17(2,12-19)20-3/h9,15,18H,4-8,10-12H2,1-3H3. The summed E-state index contributed by atoms with van der Waals surface area (Å²) in [6.45, 7) is 8.23. The molecule has 2 fully saturated rings. The first-order chi connectivity index (χ1) is 10.1. The number of hydrogen-bond donors (Lipinski definition) is 1. The van der Waals surface area contributed by atoms with Gasteiger partial charge in [0.2, 0.25) is 0 Å². The second kappa shape index (κ2) is 6.11. The average Bonchev–Trinajstić information content (AvgIpc) is 3.21. The van der Waals surface area contributed by atoms with Crippen molar-refractivity contribution in [3.63, 3.8) is 0 Å². The summed E-state index contributed by atoms with van der Waals surface area (Å²) in [7, 11) is 1.82. The molecule has 1 aliphatic carbocycles. The molecule has 4 heteroatoms. The Morgan fingerprint density at radius 2 is 2.29 bits per heavy atom. The zero-order valence-electron chi connectivity index (χ0n) is 13.6. The monoisotopic (exact) mass is 292 g/mol. The van der Waals surface area contributed by atoms with Gasteiger partial charge in [0.05, 0.1) is 12.1 Å². The van der Waals surface area contributed by atoms with Crippen LogP contribution < -0.4 is 5.32 Å². The van der Waals surface area contributed by atoms with E-state index in [0.717, 1.165) is 50.2 Å². The molecule has 1 saturated heterocycles. The average molecular weight is 292 g/mol. The lowest BCUT2D eigenvalue weighted by Crippen LogP contribution is -2.46. The molecule has 1 saturated carbocycles. The number of nitrogens with zero attached hydrogens (tertiary/aromatic N) is 1. The van der Waals surface area contributed by atoms with Crippen molar-refractivity contribution < 1.29 is 9.15 Å². The molecule has 21 heavy (non-hydrogen) atoms. The van der Waals surface area contributed by atoms with Crippen LogP contribution in [0.25, 0.3) is 0 Å². The lowest BCUT2D eigenvalue weighted by molar-refractivity contribution is -0.0539. The Balaban J connectivity index is 1.57. The molecule has 3 rings (SSSR count). The molecule has 1 aromatic rings. The van der Waals surface area contributed by atoms with Gasteiger partial charge in [-0.05, 0) is 52.1 Å². The van der Waals surface area contributed by atoms with Gasteiger partial charge in [0.1, 0.15) is 11.5 Å². The summed E-state index contributed by atoms with van der Waals surface area (Å²) < 4.78 is 11.6. The zero-order chi connectivity index (χ0) is 14.9. The Kier molecular flexibility index (Phi) is 4.38. The first-order valence-electron chi connectivity index (χ1n) is 8.17. The maximum Gasteiger partial charge on any atom is 0.118 e. The van der Waals surface area contributed by atoms with Crippen LogP contribution in [-0.2, 0) is 17.8 Å². The predicted molar refractivity (Wildman–Crippen MR) is 83.2 cm³/mol. The van der Waals surface area contributed by atoms with E-state index in [9.17, 15) is 0 Å². The summed E-state index contributed by atoms with van der Waals surface area (Å²) in [5.41, 5.74) is 1.30. The van der Waals surface area contributed by atoms with Crippen molar-refractivity contribution in [1.82, 2.24) is 10.2 Å². The molecule has 118 valence electrons. The number of ether oxygens (including phenoxy) is 1. The molecule has 2 aliphatic rings. The normalized spacial score (nSPS) is 27.2. The van der Waals surface area contributed by atoms with E-state index >= 15 is 0 Å². The van der Waals surface area contributed by atoms with Crippen molar-refractivity contribution in [2.45, 2.75) is 64.3 Å². The highest BCUT2D eigenvalue weighted by Gasteiger charge is 2.31. The number of furan rings is 1. The van der Waals surface area contributed by atoms with Crippen LogP contribution in [0.1, 0.15) is 49.7 Å². The van der Waals surface area contributed by atoms with E-state index in [4.69, 9.17) is 9.15 Å². The van der Waals surface area contributed by atoms with Crippen molar-refractivity contribution in [2.75, 3.05) is 20.2 Å². The van der Waals surface area contributed by atoms with Crippen LogP contribution in [0.2, 0.25) is 0 Å². The summed E-state index contributed by atoms with van der Waals surface area (Å²) >= 11 is 0. The molecule has 1 atom stereocenters. The number of aryl methyl sites for hydroxylation is 1. The van der Waals surface area contributed by atoms with Crippen LogP contribution in [0, 0.1) is 6.92 Å².